The highest BCUT2D eigenvalue weighted by atomic mass is 35.5. The van der Waals surface area contributed by atoms with Gasteiger partial charge >= 0.3 is 5.97 Å². The number of halogens is 1. The Morgan fingerprint density at radius 1 is 1.09 bits per heavy atom. The van der Waals surface area contributed by atoms with E-state index in [-0.39, 0.29) is 34.5 Å². The van der Waals surface area contributed by atoms with Crippen LogP contribution in [0.25, 0.3) is 17.0 Å². The van der Waals surface area contributed by atoms with Crippen LogP contribution < -0.4 is 9.47 Å². The van der Waals surface area contributed by atoms with Crippen LogP contribution in [0.15, 0.2) is 70.8 Å². The molecule has 0 bridgehead atoms. The summed E-state index contributed by atoms with van der Waals surface area (Å²) >= 11 is 5.97. The van der Waals surface area contributed by atoms with Gasteiger partial charge in [0.25, 0.3) is 5.69 Å². The summed E-state index contributed by atoms with van der Waals surface area (Å²) in [6.07, 6.45) is 1.50. The minimum Gasteiger partial charge on any atom is -0.452 e. The molecule has 1 aromatic heterocycles. The van der Waals surface area contributed by atoms with Crippen molar-refractivity contribution in [3.05, 3.63) is 104 Å². The number of non-ortho nitro benzene ring substituents is 1. The van der Waals surface area contributed by atoms with E-state index in [1.807, 2.05) is 0 Å². The molecule has 5 rings (SSSR count). The Labute approximate surface area is 197 Å². The maximum Gasteiger partial charge on any atom is 0.379 e. The number of ether oxygens (including phenoxy) is 2. The Morgan fingerprint density at radius 3 is 2.59 bits per heavy atom. The number of rotatable bonds is 4. The van der Waals surface area contributed by atoms with Gasteiger partial charge in [0.05, 0.1) is 10.5 Å². The number of nitro benzene ring substituents is 1. The normalized spacial score (nSPS) is 13.7. The van der Waals surface area contributed by atoms with Gasteiger partial charge in [0, 0.05) is 28.6 Å². The fourth-order valence-corrected chi connectivity index (χ4v) is 3.83. The number of carbonyl (C=O) groups is 2. The molecule has 0 saturated heterocycles. The van der Waals surface area contributed by atoms with E-state index in [9.17, 15) is 19.7 Å². The van der Waals surface area contributed by atoms with Crippen LogP contribution in [0.2, 0.25) is 5.02 Å². The third-order valence-electron chi connectivity index (χ3n) is 5.24. The zero-order valence-electron chi connectivity index (χ0n) is 17.5. The predicted molar refractivity (Wildman–Crippen MR) is 123 cm³/mol. The zero-order chi connectivity index (χ0) is 24.0. The lowest BCUT2D eigenvalue weighted by atomic mass is 10.0. The van der Waals surface area contributed by atoms with Crippen molar-refractivity contribution >= 4 is 46.1 Å². The fraction of sp³-hybridized carbons (Fsp3) is 0.0400. The highest BCUT2D eigenvalue weighted by Gasteiger charge is 2.30. The number of aryl methyl sites for hydroxylation is 1. The van der Waals surface area contributed by atoms with Gasteiger partial charge in [-0.2, -0.15) is 0 Å². The molecule has 34 heavy (non-hydrogen) atoms. The van der Waals surface area contributed by atoms with Crippen molar-refractivity contribution in [2.45, 2.75) is 6.92 Å². The summed E-state index contributed by atoms with van der Waals surface area (Å²) in [6, 6.07) is 15.3. The molecule has 0 N–H and O–H groups in total. The second kappa shape index (κ2) is 8.17. The van der Waals surface area contributed by atoms with Gasteiger partial charge in [-0.05, 0) is 66.6 Å². The Hall–Kier alpha value is -4.43. The maximum absolute atomic E-state index is 12.8. The molecule has 1 aliphatic heterocycles. The Balaban J connectivity index is 1.39. The second-order valence-corrected chi connectivity index (χ2v) is 8.02. The number of fused-ring (bicyclic) bond motifs is 2. The molecule has 0 radical (unpaired) electrons. The van der Waals surface area contributed by atoms with Crippen LogP contribution in [0.5, 0.6) is 11.5 Å². The maximum atomic E-state index is 12.8. The third-order valence-corrected chi connectivity index (χ3v) is 5.47. The van der Waals surface area contributed by atoms with E-state index < -0.39 is 10.9 Å². The van der Waals surface area contributed by atoms with Crippen molar-refractivity contribution < 1.29 is 28.4 Å². The monoisotopic (exact) mass is 475 g/mol. The number of carbonyl (C=O) groups excluding carboxylic acids is 2. The molecule has 0 saturated carbocycles. The third kappa shape index (κ3) is 3.91. The first-order valence-corrected chi connectivity index (χ1v) is 10.4. The molecule has 8 nitrogen and oxygen atoms in total. The number of allylic oxidation sites excluding steroid dienone is 1. The fourth-order valence-electron chi connectivity index (χ4n) is 3.65. The number of Topliss-reactive ketones (excluding diaryl/α,β-unsaturated/α-hetero) is 1. The summed E-state index contributed by atoms with van der Waals surface area (Å²) in [5.74, 6) is -0.548. The Kier molecular flexibility index (Phi) is 5.14. The van der Waals surface area contributed by atoms with Crippen LogP contribution >= 0.6 is 11.6 Å². The summed E-state index contributed by atoms with van der Waals surface area (Å²) in [5, 5.41) is 12.0. The SMILES string of the molecule is Cc1cc(OC(=O)c2cc3cc(Cl)ccc3o2)cc2c1C(=O)/C(=C/c1ccc([N+](=O)[O-])cc1)O2. The van der Waals surface area contributed by atoms with Gasteiger partial charge in [-0.15, -0.1) is 0 Å². The van der Waals surface area contributed by atoms with E-state index in [1.165, 1.54) is 42.5 Å². The molecule has 0 fully saturated rings. The number of nitro groups is 1. The van der Waals surface area contributed by atoms with Gasteiger partial charge in [0.2, 0.25) is 11.5 Å². The topological polar surface area (TPSA) is 109 Å². The van der Waals surface area contributed by atoms with Crippen molar-refractivity contribution in [2.75, 3.05) is 0 Å². The molecule has 2 heterocycles. The molecule has 9 heteroatoms. The molecule has 0 amide bonds. The van der Waals surface area contributed by atoms with E-state index >= 15 is 0 Å². The van der Waals surface area contributed by atoms with E-state index in [4.69, 9.17) is 25.5 Å². The van der Waals surface area contributed by atoms with E-state index in [0.29, 0.717) is 32.7 Å². The molecule has 3 aromatic carbocycles. The van der Waals surface area contributed by atoms with Crippen molar-refractivity contribution in [1.29, 1.82) is 0 Å². The second-order valence-electron chi connectivity index (χ2n) is 7.58. The van der Waals surface area contributed by atoms with Crippen LogP contribution in [0.3, 0.4) is 0 Å². The van der Waals surface area contributed by atoms with Crippen molar-refractivity contribution in [3.63, 3.8) is 0 Å². The molecule has 0 aliphatic carbocycles. The summed E-state index contributed by atoms with van der Waals surface area (Å²) in [5.41, 5.74) is 1.92. The van der Waals surface area contributed by atoms with Crippen LogP contribution in [0.4, 0.5) is 5.69 Å². The number of esters is 1. The number of hydrogen-bond acceptors (Lipinski definition) is 7. The molecule has 1 aliphatic rings. The summed E-state index contributed by atoms with van der Waals surface area (Å²) in [7, 11) is 0. The lowest BCUT2D eigenvalue weighted by Gasteiger charge is -2.06. The molecule has 4 aromatic rings. The van der Waals surface area contributed by atoms with Crippen LogP contribution in [-0.2, 0) is 0 Å². The van der Waals surface area contributed by atoms with Crippen molar-refractivity contribution in [3.8, 4) is 11.5 Å². The standard InChI is InChI=1S/C25H14ClNO7/c1-13-8-18(32-25(29)22-11-15-10-16(26)4-7-19(15)33-22)12-20-23(13)24(28)21(34-20)9-14-2-5-17(6-3-14)27(30)31/h2-12H,1H3/b21-9-. The number of hydrogen-bond donors (Lipinski definition) is 0. The van der Waals surface area contributed by atoms with Gasteiger partial charge in [-0.3, -0.25) is 14.9 Å². The molecule has 0 unspecified atom stereocenters. The minimum absolute atomic E-state index is 0.00571. The van der Waals surface area contributed by atoms with Crippen LogP contribution in [0, 0.1) is 17.0 Å². The molecule has 0 atom stereocenters. The molecule has 168 valence electrons. The van der Waals surface area contributed by atoms with E-state index in [2.05, 4.69) is 0 Å². The Morgan fingerprint density at radius 2 is 1.85 bits per heavy atom. The molecule has 0 spiro atoms. The number of benzene rings is 3. The highest BCUT2D eigenvalue weighted by molar-refractivity contribution is 6.31. The summed E-state index contributed by atoms with van der Waals surface area (Å²) in [6.45, 7) is 1.70. The highest BCUT2D eigenvalue weighted by Crippen LogP contribution is 2.38. The van der Waals surface area contributed by atoms with Gasteiger partial charge < -0.3 is 13.9 Å². The molecular formula is C25H14ClNO7. The van der Waals surface area contributed by atoms with E-state index in [0.717, 1.165) is 0 Å². The number of nitrogens with zero attached hydrogens (tertiary/aromatic N) is 1. The van der Waals surface area contributed by atoms with E-state index in [1.54, 1.807) is 31.2 Å². The van der Waals surface area contributed by atoms with Crippen LogP contribution in [0.1, 0.15) is 32.0 Å². The smallest absolute Gasteiger partial charge is 0.379 e. The largest absolute Gasteiger partial charge is 0.452 e. The first-order chi connectivity index (χ1) is 16.3. The first-order valence-electron chi connectivity index (χ1n) is 10.0. The first kappa shape index (κ1) is 21.4. The lowest BCUT2D eigenvalue weighted by Crippen LogP contribution is -2.07. The van der Waals surface area contributed by atoms with Crippen molar-refractivity contribution in [1.82, 2.24) is 0 Å². The minimum atomic E-state index is -0.711. The van der Waals surface area contributed by atoms with Gasteiger partial charge in [-0.25, -0.2) is 4.79 Å². The average Bonchev–Trinajstić information content (AvgIpc) is 3.35. The zero-order valence-corrected chi connectivity index (χ0v) is 18.3. The summed E-state index contributed by atoms with van der Waals surface area (Å²) < 4.78 is 16.7. The quantitative estimate of drug-likeness (QED) is 0.115. The van der Waals surface area contributed by atoms with Gasteiger partial charge in [-0.1, -0.05) is 11.6 Å². The van der Waals surface area contributed by atoms with Crippen molar-refractivity contribution in [2.24, 2.45) is 0 Å². The molecular weight excluding hydrogens is 462 g/mol. The van der Waals surface area contributed by atoms with Crippen LogP contribution in [-0.4, -0.2) is 16.7 Å². The van der Waals surface area contributed by atoms with Gasteiger partial charge in [0.15, 0.2) is 5.76 Å². The Bertz CT molecular complexity index is 1530. The lowest BCUT2D eigenvalue weighted by molar-refractivity contribution is -0.384. The average molecular weight is 476 g/mol. The van der Waals surface area contributed by atoms with Gasteiger partial charge in [0.1, 0.15) is 17.1 Å². The predicted octanol–water partition coefficient (Wildman–Crippen LogP) is 6.14. The number of ketones is 1. The number of furan rings is 1. The summed E-state index contributed by atoms with van der Waals surface area (Å²) in [4.78, 5) is 35.8.